The minimum Gasteiger partial charge on any atom is -0.465 e. The predicted octanol–water partition coefficient (Wildman–Crippen LogP) is 1.79. The Labute approximate surface area is 147 Å². The zero-order chi connectivity index (χ0) is 18.3. The van der Waals surface area contributed by atoms with Gasteiger partial charge in [0, 0.05) is 22.8 Å². The number of esters is 1. The minimum atomic E-state index is -0.467. The van der Waals surface area contributed by atoms with Crippen LogP contribution in [0.1, 0.15) is 10.4 Å². The van der Waals surface area contributed by atoms with Crippen LogP contribution in [0.4, 0.5) is 5.82 Å². The number of tetrazole rings is 1. The van der Waals surface area contributed by atoms with E-state index in [9.17, 15) is 4.79 Å². The van der Waals surface area contributed by atoms with Crippen LogP contribution in [0.5, 0.6) is 0 Å². The lowest BCUT2D eigenvalue weighted by Gasteiger charge is -2.01. The molecule has 0 saturated carbocycles. The van der Waals surface area contributed by atoms with E-state index in [1.165, 1.54) is 18.1 Å². The van der Waals surface area contributed by atoms with Crippen molar-refractivity contribution < 1.29 is 9.53 Å². The molecule has 3 N–H and O–H groups in total. The summed E-state index contributed by atoms with van der Waals surface area (Å²) < 4.78 is 4.82. The second-order valence-electron chi connectivity index (χ2n) is 5.70. The number of H-pyrrole nitrogens is 1. The molecule has 4 rings (SSSR count). The first kappa shape index (κ1) is 15.8. The number of rotatable bonds is 3. The van der Waals surface area contributed by atoms with Gasteiger partial charge in [0.05, 0.1) is 25.2 Å². The molecule has 26 heavy (non-hydrogen) atoms. The van der Waals surface area contributed by atoms with Gasteiger partial charge in [0.1, 0.15) is 5.82 Å². The number of benzene rings is 1. The van der Waals surface area contributed by atoms with Crippen LogP contribution in [-0.2, 0) is 11.8 Å². The lowest BCUT2D eigenvalue weighted by molar-refractivity contribution is 0.0602. The third-order valence-electron chi connectivity index (χ3n) is 4.04. The highest BCUT2D eigenvalue weighted by molar-refractivity contribution is 6.07. The van der Waals surface area contributed by atoms with Crippen molar-refractivity contribution in [3.05, 3.63) is 42.1 Å². The first-order valence-electron chi connectivity index (χ1n) is 7.77. The number of aromatic amines is 1. The maximum absolute atomic E-state index is 12.0. The van der Waals surface area contributed by atoms with E-state index in [0.717, 1.165) is 16.8 Å². The summed E-state index contributed by atoms with van der Waals surface area (Å²) in [5.74, 6) is 0.373. The van der Waals surface area contributed by atoms with Gasteiger partial charge in [-0.2, -0.15) is 4.80 Å². The van der Waals surface area contributed by atoms with Crippen molar-refractivity contribution in [1.82, 2.24) is 30.2 Å². The molecule has 0 amide bonds. The summed E-state index contributed by atoms with van der Waals surface area (Å²) >= 11 is 0. The summed E-state index contributed by atoms with van der Waals surface area (Å²) in [6, 6.07) is 9.52. The van der Waals surface area contributed by atoms with Crippen LogP contribution in [0.25, 0.3) is 33.5 Å². The Morgan fingerprint density at radius 1 is 1.27 bits per heavy atom. The van der Waals surface area contributed by atoms with Crippen LogP contribution in [0, 0.1) is 0 Å². The van der Waals surface area contributed by atoms with Gasteiger partial charge in [-0.25, -0.2) is 9.78 Å². The van der Waals surface area contributed by atoms with Crippen LogP contribution in [0.3, 0.4) is 0 Å². The minimum absolute atomic E-state index is 0.311. The van der Waals surface area contributed by atoms with Gasteiger partial charge >= 0.3 is 5.97 Å². The number of aryl methyl sites for hydroxylation is 1. The van der Waals surface area contributed by atoms with Gasteiger partial charge in [0.2, 0.25) is 5.82 Å². The number of carbonyl (C=O) groups is 1. The summed E-state index contributed by atoms with van der Waals surface area (Å²) in [6.45, 7) is 0. The standard InChI is InChI=1S/C17H15N7O2/c1-24-22-16(21-23-24)10-5-3-4-9(6-10)13-7-11-12(17(25)26-2)8-19-15(18)14(11)20-13/h3-8,20H,1-2H3,(H2,18,19). The third-order valence-corrected chi connectivity index (χ3v) is 4.04. The highest BCUT2D eigenvalue weighted by Gasteiger charge is 2.16. The SMILES string of the molecule is COC(=O)c1cnc(N)c2[nH]c(-c3cccc(-c4nnn(C)n4)c3)cc12. The van der Waals surface area contributed by atoms with E-state index >= 15 is 0 Å². The Hall–Kier alpha value is -3.75. The molecule has 0 aliphatic heterocycles. The predicted molar refractivity (Wildman–Crippen MR) is 95.1 cm³/mol. The number of carbonyl (C=O) groups excluding carboxylic acids is 1. The Bertz CT molecular complexity index is 1130. The van der Waals surface area contributed by atoms with E-state index in [-0.39, 0.29) is 0 Å². The van der Waals surface area contributed by atoms with Crippen molar-refractivity contribution in [3.63, 3.8) is 0 Å². The van der Waals surface area contributed by atoms with Crippen LogP contribution in [0.2, 0.25) is 0 Å². The molecule has 130 valence electrons. The number of nitrogens with zero attached hydrogens (tertiary/aromatic N) is 5. The Morgan fingerprint density at radius 3 is 2.81 bits per heavy atom. The maximum Gasteiger partial charge on any atom is 0.340 e. The second kappa shape index (κ2) is 5.96. The average Bonchev–Trinajstić information content (AvgIpc) is 3.29. The number of nitrogens with two attached hydrogens (primary N) is 1. The van der Waals surface area contributed by atoms with Crippen LogP contribution < -0.4 is 5.73 Å². The number of hydrogen-bond acceptors (Lipinski definition) is 7. The zero-order valence-corrected chi connectivity index (χ0v) is 14.1. The fourth-order valence-electron chi connectivity index (χ4n) is 2.79. The molecule has 3 aromatic heterocycles. The molecular formula is C17H15N7O2. The van der Waals surface area contributed by atoms with Crippen LogP contribution in [0.15, 0.2) is 36.5 Å². The van der Waals surface area contributed by atoms with E-state index in [1.807, 2.05) is 30.3 Å². The van der Waals surface area contributed by atoms with Crippen LogP contribution >= 0.6 is 0 Å². The third kappa shape index (κ3) is 2.55. The Kier molecular flexibility index (Phi) is 3.61. The van der Waals surface area contributed by atoms with Crippen molar-refractivity contribution in [1.29, 1.82) is 0 Å². The number of hydrogen-bond donors (Lipinski definition) is 2. The fourth-order valence-corrected chi connectivity index (χ4v) is 2.79. The number of methoxy groups -OCH3 is 1. The lowest BCUT2D eigenvalue weighted by atomic mass is 10.1. The quantitative estimate of drug-likeness (QED) is 0.540. The van der Waals surface area contributed by atoms with Gasteiger partial charge in [-0.1, -0.05) is 18.2 Å². The monoisotopic (exact) mass is 349 g/mol. The van der Waals surface area contributed by atoms with E-state index in [2.05, 4.69) is 25.4 Å². The van der Waals surface area contributed by atoms with Crippen LogP contribution in [-0.4, -0.2) is 43.3 Å². The van der Waals surface area contributed by atoms with E-state index in [0.29, 0.717) is 28.1 Å². The maximum atomic E-state index is 12.0. The second-order valence-corrected chi connectivity index (χ2v) is 5.70. The van der Waals surface area contributed by atoms with Gasteiger partial charge < -0.3 is 15.5 Å². The molecule has 3 heterocycles. The fraction of sp³-hybridized carbons (Fsp3) is 0.118. The van der Waals surface area contributed by atoms with E-state index in [1.54, 1.807) is 7.05 Å². The van der Waals surface area contributed by atoms with Gasteiger partial charge in [0.25, 0.3) is 0 Å². The molecule has 9 heteroatoms. The molecule has 0 saturated heterocycles. The van der Waals surface area contributed by atoms with Gasteiger partial charge in [0.15, 0.2) is 0 Å². The Morgan fingerprint density at radius 2 is 2.08 bits per heavy atom. The number of anilines is 1. The van der Waals surface area contributed by atoms with Gasteiger partial charge in [-0.15, -0.1) is 10.2 Å². The Balaban J connectivity index is 1.85. The summed E-state index contributed by atoms with van der Waals surface area (Å²) in [6.07, 6.45) is 1.42. The topological polar surface area (TPSA) is 125 Å². The smallest absolute Gasteiger partial charge is 0.340 e. The molecular weight excluding hydrogens is 334 g/mol. The number of nitrogens with one attached hydrogen (secondary N) is 1. The highest BCUT2D eigenvalue weighted by Crippen LogP contribution is 2.30. The van der Waals surface area contributed by atoms with Crippen molar-refractivity contribution in [2.75, 3.05) is 12.8 Å². The lowest BCUT2D eigenvalue weighted by Crippen LogP contribution is -2.03. The molecule has 0 fully saturated rings. The molecule has 0 unspecified atom stereocenters. The highest BCUT2D eigenvalue weighted by atomic mass is 16.5. The molecule has 4 aromatic rings. The average molecular weight is 349 g/mol. The number of ether oxygens (including phenoxy) is 1. The summed E-state index contributed by atoms with van der Waals surface area (Å²) in [5.41, 5.74) is 9.40. The van der Waals surface area contributed by atoms with Crippen molar-refractivity contribution in [2.45, 2.75) is 0 Å². The number of fused-ring (bicyclic) bond motifs is 1. The largest absolute Gasteiger partial charge is 0.465 e. The first-order valence-corrected chi connectivity index (χ1v) is 7.77. The number of pyridine rings is 1. The number of aromatic nitrogens is 6. The molecule has 0 aliphatic carbocycles. The first-order chi connectivity index (χ1) is 12.6. The zero-order valence-electron chi connectivity index (χ0n) is 14.1. The molecule has 0 radical (unpaired) electrons. The van der Waals surface area contributed by atoms with Crippen molar-refractivity contribution in [2.24, 2.45) is 7.05 Å². The van der Waals surface area contributed by atoms with Gasteiger partial charge in [-0.3, -0.25) is 0 Å². The number of nitrogen functional groups attached to an aromatic ring is 1. The molecule has 0 spiro atoms. The van der Waals surface area contributed by atoms with E-state index in [4.69, 9.17) is 10.5 Å². The summed E-state index contributed by atoms with van der Waals surface area (Å²) in [7, 11) is 3.04. The van der Waals surface area contributed by atoms with Crippen molar-refractivity contribution in [3.8, 4) is 22.6 Å². The summed E-state index contributed by atoms with van der Waals surface area (Å²) in [5, 5.41) is 12.7. The molecule has 0 atom stereocenters. The van der Waals surface area contributed by atoms with E-state index < -0.39 is 5.97 Å². The molecule has 0 bridgehead atoms. The van der Waals surface area contributed by atoms with Gasteiger partial charge in [-0.05, 0) is 22.9 Å². The normalized spacial score (nSPS) is 11.0. The summed E-state index contributed by atoms with van der Waals surface area (Å²) in [4.78, 5) is 20.7. The van der Waals surface area contributed by atoms with Crippen molar-refractivity contribution >= 4 is 22.7 Å². The molecule has 1 aromatic carbocycles. The molecule has 9 nitrogen and oxygen atoms in total. The molecule has 0 aliphatic rings.